The molecule has 2 rings (SSSR count). The minimum absolute atomic E-state index is 0.0950. The van der Waals surface area contributed by atoms with Crippen LogP contribution in [0.3, 0.4) is 0 Å². The van der Waals surface area contributed by atoms with Crippen molar-refractivity contribution < 1.29 is 4.79 Å². The number of rotatable bonds is 2. The summed E-state index contributed by atoms with van der Waals surface area (Å²) in [5.74, 6) is 6.67. The molecule has 3 heteroatoms. The topological polar surface area (TPSA) is 23.6 Å². The van der Waals surface area contributed by atoms with Crippen LogP contribution in [0.4, 0.5) is 0 Å². The Morgan fingerprint density at radius 1 is 1.25 bits per heavy atom. The lowest BCUT2D eigenvalue weighted by Gasteiger charge is -2.19. The molecule has 0 radical (unpaired) electrons. The monoisotopic (exact) mass is 220 g/mol. The van der Waals surface area contributed by atoms with Gasteiger partial charge in [0.2, 0.25) is 5.91 Å². The molecule has 0 aromatic carbocycles. The Kier molecular flexibility index (Phi) is 3.84. The SMILES string of the molecule is C[C@H](C#CCN1CCCC1)N1CCCC1=O. The van der Waals surface area contributed by atoms with Gasteiger partial charge >= 0.3 is 0 Å². The molecule has 16 heavy (non-hydrogen) atoms. The lowest BCUT2D eigenvalue weighted by Crippen LogP contribution is -2.33. The van der Waals surface area contributed by atoms with Gasteiger partial charge in [0.1, 0.15) is 0 Å². The third-order valence-corrected chi connectivity index (χ3v) is 3.39. The van der Waals surface area contributed by atoms with Gasteiger partial charge in [-0.1, -0.05) is 11.8 Å². The number of hydrogen-bond acceptors (Lipinski definition) is 2. The molecule has 0 unspecified atom stereocenters. The van der Waals surface area contributed by atoms with Crippen molar-refractivity contribution in [1.29, 1.82) is 0 Å². The number of carbonyl (C=O) groups excluding carboxylic acids is 1. The van der Waals surface area contributed by atoms with E-state index in [9.17, 15) is 4.79 Å². The maximum absolute atomic E-state index is 11.5. The van der Waals surface area contributed by atoms with Crippen molar-refractivity contribution >= 4 is 5.91 Å². The highest BCUT2D eigenvalue weighted by molar-refractivity contribution is 5.78. The zero-order chi connectivity index (χ0) is 11.4. The fourth-order valence-electron chi connectivity index (χ4n) is 2.40. The molecule has 2 aliphatic rings. The van der Waals surface area contributed by atoms with Crippen LogP contribution in [0.25, 0.3) is 0 Å². The van der Waals surface area contributed by atoms with Crippen LogP contribution in [-0.2, 0) is 4.79 Å². The van der Waals surface area contributed by atoms with Gasteiger partial charge in [0, 0.05) is 13.0 Å². The Hall–Kier alpha value is -1.01. The van der Waals surface area contributed by atoms with Crippen molar-refractivity contribution in [2.24, 2.45) is 0 Å². The predicted octanol–water partition coefficient (Wildman–Crippen LogP) is 1.10. The van der Waals surface area contributed by atoms with Crippen LogP contribution in [0, 0.1) is 11.8 Å². The van der Waals surface area contributed by atoms with Gasteiger partial charge in [-0.3, -0.25) is 9.69 Å². The number of carbonyl (C=O) groups is 1. The van der Waals surface area contributed by atoms with Crippen molar-refractivity contribution in [2.75, 3.05) is 26.2 Å². The Labute approximate surface area is 97.8 Å². The highest BCUT2D eigenvalue weighted by Crippen LogP contribution is 2.12. The molecule has 0 aliphatic carbocycles. The molecule has 2 fully saturated rings. The number of nitrogens with zero attached hydrogens (tertiary/aromatic N) is 2. The second-order valence-electron chi connectivity index (χ2n) is 4.67. The van der Waals surface area contributed by atoms with E-state index in [4.69, 9.17) is 0 Å². The van der Waals surface area contributed by atoms with Crippen molar-refractivity contribution in [1.82, 2.24) is 9.80 Å². The summed E-state index contributed by atoms with van der Waals surface area (Å²) >= 11 is 0. The van der Waals surface area contributed by atoms with Crippen molar-refractivity contribution in [3.05, 3.63) is 0 Å². The van der Waals surface area contributed by atoms with Crippen molar-refractivity contribution in [3.8, 4) is 11.8 Å². The highest BCUT2D eigenvalue weighted by Gasteiger charge is 2.23. The maximum Gasteiger partial charge on any atom is 0.223 e. The Morgan fingerprint density at radius 2 is 2.00 bits per heavy atom. The minimum atomic E-state index is 0.0950. The molecule has 1 amide bonds. The zero-order valence-corrected chi connectivity index (χ0v) is 10.0. The van der Waals surface area contributed by atoms with Crippen molar-refractivity contribution in [2.45, 2.75) is 38.6 Å². The zero-order valence-electron chi connectivity index (χ0n) is 10.0. The standard InChI is InChI=1S/C13H20N2O/c1-12(15-11-5-7-13(15)16)6-4-10-14-8-2-3-9-14/h12H,2-3,5,7-11H2,1H3/t12-/m1/s1. The van der Waals surface area contributed by atoms with Crippen LogP contribution in [0.1, 0.15) is 32.6 Å². The lowest BCUT2D eigenvalue weighted by atomic mass is 10.3. The first-order valence-electron chi connectivity index (χ1n) is 6.27. The molecule has 0 aromatic rings. The van der Waals surface area contributed by atoms with Crippen molar-refractivity contribution in [3.63, 3.8) is 0 Å². The fourth-order valence-corrected chi connectivity index (χ4v) is 2.40. The summed E-state index contributed by atoms with van der Waals surface area (Å²) in [6.07, 6.45) is 4.32. The number of likely N-dealkylation sites (tertiary alicyclic amines) is 2. The van der Waals surface area contributed by atoms with Gasteiger partial charge in [0.15, 0.2) is 0 Å². The summed E-state index contributed by atoms with van der Waals surface area (Å²) in [6, 6.07) is 0.0950. The Bertz CT molecular complexity index is 310. The van der Waals surface area contributed by atoms with E-state index in [1.165, 1.54) is 25.9 Å². The average Bonchev–Trinajstić information content (AvgIpc) is 2.88. The molecular formula is C13H20N2O. The van der Waals surface area contributed by atoms with Crippen LogP contribution >= 0.6 is 0 Å². The first-order chi connectivity index (χ1) is 7.77. The highest BCUT2D eigenvalue weighted by atomic mass is 16.2. The first-order valence-corrected chi connectivity index (χ1v) is 6.27. The molecule has 2 saturated heterocycles. The molecule has 1 atom stereocenters. The van der Waals surface area contributed by atoms with Gasteiger partial charge in [0.05, 0.1) is 12.6 Å². The first kappa shape index (κ1) is 11.5. The molecule has 0 aromatic heterocycles. The van der Waals surface area contributed by atoms with Gasteiger partial charge in [-0.15, -0.1) is 0 Å². The third kappa shape index (κ3) is 2.76. The van der Waals surface area contributed by atoms with E-state index >= 15 is 0 Å². The smallest absolute Gasteiger partial charge is 0.223 e. The summed E-state index contributed by atoms with van der Waals surface area (Å²) in [5.41, 5.74) is 0. The van der Waals surface area contributed by atoms with Crippen LogP contribution < -0.4 is 0 Å². The average molecular weight is 220 g/mol. The lowest BCUT2D eigenvalue weighted by molar-refractivity contribution is -0.128. The van der Waals surface area contributed by atoms with Gasteiger partial charge in [0.25, 0.3) is 0 Å². The molecule has 0 bridgehead atoms. The minimum Gasteiger partial charge on any atom is -0.329 e. The Morgan fingerprint density at radius 3 is 2.62 bits per heavy atom. The molecule has 88 valence electrons. The quantitative estimate of drug-likeness (QED) is 0.651. The summed E-state index contributed by atoms with van der Waals surface area (Å²) in [5, 5.41) is 0. The second-order valence-corrected chi connectivity index (χ2v) is 4.67. The van der Waals surface area contributed by atoms with E-state index in [0.717, 1.165) is 19.5 Å². The van der Waals surface area contributed by atoms with E-state index in [2.05, 4.69) is 16.7 Å². The van der Waals surface area contributed by atoms with Crippen LogP contribution in [0.2, 0.25) is 0 Å². The van der Waals surface area contributed by atoms with Gasteiger partial charge in [-0.05, 0) is 39.3 Å². The molecule has 2 aliphatic heterocycles. The maximum atomic E-state index is 11.5. The summed E-state index contributed by atoms with van der Waals surface area (Å²) in [7, 11) is 0. The summed E-state index contributed by atoms with van der Waals surface area (Å²) in [6.45, 7) is 6.16. The van der Waals surface area contributed by atoms with Gasteiger partial charge < -0.3 is 4.90 Å². The Balaban J connectivity index is 1.79. The molecule has 0 saturated carbocycles. The van der Waals surface area contributed by atoms with E-state index in [0.29, 0.717) is 6.42 Å². The van der Waals surface area contributed by atoms with Crippen LogP contribution in [0.5, 0.6) is 0 Å². The van der Waals surface area contributed by atoms with E-state index < -0.39 is 0 Å². The molecule has 0 spiro atoms. The van der Waals surface area contributed by atoms with Gasteiger partial charge in [-0.2, -0.15) is 0 Å². The third-order valence-electron chi connectivity index (χ3n) is 3.39. The van der Waals surface area contributed by atoms with Crippen LogP contribution in [0.15, 0.2) is 0 Å². The normalized spacial score (nSPS) is 23.3. The predicted molar refractivity (Wildman–Crippen MR) is 63.9 cm³/mol. The molecule has 0 N–H and O–H groups in total. The summed E-state index contributed by atoms with van der Waals surface area (Å²) < 4.78 is 0. The van der Waals surface area contributed by atoms with E-state index in [-0.39, 0.29) is 11.9 Å². The second kappa shape index (κ2) is 5.36. The van der Waals surface area contributed by atoms with E-state index in [1.807, 2.05) is 11.8 Å². The van der Waals surface area contributed by atoms with Crippen LogP contribution in [-0.4, -0.2) is 47.9 Å². The number of amides is 1. The van der Waals surface area contributed by atoms with E-state index in [1.54, 1.807) is 0 Å². The summed E-state index contributed by atoms with van der Waals surface area (Å²) in [4.78, 5) is 15.8. The molecule has 3 nitrogen and oxygen atoms in total. The fraction of sp³-hybridized carbons (Fsp3) is 0.769. The molecule has 2 heterocycles. The number of hydrogen-bond donors (Lipinski definition) is 0. The largest absolute Gasteiger partial charge is 0.329 e. The van der Waals surface area contributed by atoms with Gasteiger partial charge in [-0.25, -0.2) is 0 Å². The molecular weight excluding hydrogens is 200 g/mol.